The lowest BCUT2D eigenvalue weighted by molar-refractivity contribution is -0.159. The van der Waals surface area contributed by atoms with E-state index in [9.17, 15) is 14.7 Å². The van der Waals surface area contributed by atoms with Gasteiger partial charge in [0.25, 0.3) is 0 Å². The van der Waals surface area contributed by atoms with Crippen LogP contribution in [0.15, 0.2) is 0 Å². The molecule has 2 N–H and O–H groups in total. The predicted octanol–water partition coefficient (Wildman–Crippen LogP) is 2.48. The lowest BCUT2D eigenvalue weighted by Crippen LogP contribution is -2.39. The molecule has 0 aliphatic carbocycles. The van der Waals surface area contributed by atoms with Gasteiger partial charge in [0, 0.05) is 0 Å². The molecule has 4 heteroatoms. The van der Waals surface area contributed by atoms with E-state index in [1.54, 1.807) is 20.8 Å². The smallest absolute Gasteiger partial charge is 0.307 e. The molecule has 0 saturated heterocycles. The molecule has 0 aromatic rings. The highest BCUT2D eigenvalue weighted by Crippen LogP contribution is 2.35. The number of hydrogen-bond donors (Lipinski definition) is 2. The van der Waals surface area contributed by atoms with Crippen molar-refractivity contribution in [3.63, 3.8) is 0 Å². The van der Waals surface area contributed by atoms with Gasteiger partial charge in [-0.15, -0.1) is 0 Å². The van der Waals surface area contributed by atoms with E-state index in [1.165, 1.54) is 0 Å². The van der Waals surface area contributed by atoms with E-state index in [4.69, 9.17) is 5.11 Å². The fraction of sp³-hybridized carbons (Fsp3) is 0.833. The lowest BCUT2D eigenvalue weighted by atomic mass is 9.71. The third kappa shape index (κ3) is 4.21. The summed E-state index contributed by atoms with van der Waals surface area (Å²) in [4.78, 5) is 22.4. The maximum atomic E-state index is 11.2. The van der Waals surface area contributed by atoms with Crippen molar-refractivity contribution in [2.24, 2.45) is 23.2 Å². The van der Waals surface area contributed by atoms with E-state index in [2.05, 4.69) is 0 Å². The van der Waals surface area contributed by atoms with Crippen LogP contribution in [0, 0.1) is 23.2 Å². The number of carboxylic acid groups (broad SMARTS) is 2. The second-order valence-electron chi connectivity index (χ2n) is 5.76. The summed E-state index contributed by atoms with van der Waals surface area (Å²) in [5.41, 5.74) is -0.552. The summed E-state index contributed by atoms with van der Waals surface area (Å²) in [6.07, 6.45) is 0.392. The summed E-state index contributed by atoms with van der Waals surface area (Å²) in [6, 6.07) is 0. The quantitative estimate of drug-likeness (QED) is 0.760. The molecule has 0 aromatic heterocycles. The molecular weight excluding hydrogens is 208 g/mol. The molecule has 0 aromatic carbocycles. The van der Waals surface area contributed by atoms with E-state index in [1.807, 2.05) is 13.8 Å². The molecular formula is C12H22O4. The van der Waals surface area contributed by atoms with Crippen molar-refractivity contribution in [2.45, 2.75) is 41.0 Å². The maximum absolute atomic E-state index is 11.2. The molecule has 0 radical (unpaired) electrons. The second-order valence-corrected chi connectivity index (χ2v) is 5.76. The molecule has 0 amide bonds. The average Bonchev–Trinajstić information content (AvgIpc) is 1.97. The minimum atomic E-state index is -1.03. The van der Waals surface area contributed by atoms with Crippen LogP contribution in [0.4, 0.5) is 0 Å². The Morgan fingerprint density at radius 3 is 1.69 bits per heavy atom. The van der Waals surface area contributed by atoms with Gasteiger partial charge in [0.1, 0.15) is 0 Å². The van der Waals surface area contributed by atoms with Gasteiger partial charge in [-0.1, -0.05) is 34.6 Å². The third-order valence-electron chi connectivity index (χ3n) is 2.64. The molecule has 94 valence electrons. The van der Waals surface area contributed by atoms with E-state index in [0.717, 1.165) is 0 Å². The van der Waals surface area contributed by atoms with Crippen LogP contribution in [0.1, 0.15) is 41.0 Å². The average molecular weight is 230 g/mol. The molecule has 2 atom stereocenters. The van der Waals surface area contributed by atoms with Crippen molar-refractivity contribution in [3.8, 4) is 0 Å². The fourth-order valence-electron chi connectivity index (χ4n) is 2.03. The normalized spacial score (nSPS) is 15.9. The summed E-state index contributed by atoms with van der Waals surface area (Å²) in [5.74, 6) is -3.55. The minimum absolute atomic E-state index is 0.172. The molecule has 0 aliphatic rings. The Kier molecular flexibility index (Phi) is 4.97. The summed E-state index contributed by atoms with van der Waals surface area (Å²) in [5, 5.41) is 18.3. The summed E-state index contributed by atoms with van der Waals surface area (Å²) in [6.45, 7) is 9.10. The van der Waals surface area contributed by atoms with Crippen LogP contribution >= 0.6 is 0 Å². The third-order valence-corrected chi connectivity index (χ3v) is 2.64. The van der Waals surface area contributed by atoms with Gasteiger partial charge in [0.15, 0.2) is 0 Å². The van der Waals surface area contributed by atoms with Crippen LogP contribution < -0.4 is 0 Å². The SMILES string of the molecule is CC(C)C[C@@H](C(=O)O)C(C(=O)O)C(C)(C)C. The van der Waals surface area contributed by atoms with Crippen molar-refractivity contribution >= 4 is 11.9 Å². The molecule has 16 heavy (non-hydrogen) atoms. The molecule has 0 spiro atoms. The lowest BCUT2D eigenvalue weighted by Gasteiger charge is -2.32. The van der Waals surface area contributed by atoms with E-state index in [-0.39, 0.29) is 5.92 Å². The van der Waals surface area contributed by atoms with Crippen molar-refractivity contribution in [3.05, 3.63) is 0 Å². The van der Waals surface area contributed by atoms with Gasteiger partial charge in [-0.3, -0.25) is 9.59 Å². The van der Waals surface area contributed by atoms with Crippen molar-refractivity contribution in [1.82, 2.24) is 0 Å². The van der Waals surface area contributed by atoms with Crippen LogP contribution in [-0.4, -0.2) is 22.2 Å². The summed E-state index contributed by atoms with van der Waals surface area (Å²) in [7, 11) is 0. The molecule has 1 unspecified atom stereocenters. The second kappa shape index (κ2) is 5.32. The highest BCUT2D eigenvalue weighted by molar-refractivity contribution is 5.80. The van der Waals surface area contributed by atoms with Crippen molar-refractivity contribution in [2.75, 3.05) is 0 Å². The van der Waals surface area contributed by atoms with Gasteiger partial charge in [0.2, 0.25) is 0 Å². The number of hydrogen-bond acceptors (Lipinski definition) is 2. The number of carboxylic acids is 2. The van der Waals surface area contributed by atoms with E-state index < -0.39 is 29.2 Å². The molecule has 0 fully saturated rings. The first kappa shape index (κ1) is 14.9. The van der Waals surface area contributed by atoms with Gasteiger partial charge >= 0.3 is 11.9 Å². The standard InChI is InChI=1S/C12H22O4/c1-7(2)6-8(10(13)14)9(11(15)16)12(3,4)5/h7-9H,6H2,1-5H3,(H,13,14)(H,15,16)/t8-,9?/m1/s1. The Morgan fingerprint density at radius 1 is 1.06 bits per heavy atom. The van der Waals surface area contributed by atoms with Crippen LogP contribution in [0.25, 0.3) is 0 Å². The van der Waals surface area contributed by atoms with Gasteiger partial charge in [0.05, 0.1) is 11.8 Å². The fourth-order valence-corrected chi connectivity index (χ4v) is 2.03. The molecule has 0 heterocycles. The Balaban J connectivity index is 5.12. The van der Waals surface area contributed by atoms with Crippen LogP contribution in [-0.2, 0) is 9.59 Å². The van der Waals surface area contributed by atoms with Gasteiger partial charge in [-0.05, 0) is 17.8 Å². The minimum Gasteiger partial charge on any atom is -0.481 e. The Labute approximate surface area is 96.7 Å². The number of rotatable bonds is 5. The Morgan fingerprint density at radius 2 is 1.50 bits per heavy atom. The van der Waals surface area contributed by atoms with Crippen molar-refractivity contribution < 1.29 is 19.8 Å². The van der Waals surface area contributed by atoms with Crippen molar-refractivity contribution in [1.29, 1.82) is 0 Å². The Bertz CT molecular complexity index is 263. The molecule has 4 nitrogen and oxygen atoms in total. The summed E-state index contributed by atoms with van der Waals surface area (Å²) < 4.78 is 0. The van der Waals surface area contributed by atoms with Crippen LogP contribution in [0.5, 0.6) is 0 Å². The van der Waals surface area contributed by atoms with Gasteiger partial charge < -0.3 is 10.2 Å². The van der Waals surface area contributed by atoms with Crippen LogP contribution in [0.2, 0.25) is 0 Å². The zero-order valence-electron chi connectivity index (χ0n) is 10.7. The number of carbonyl (C=O) groups is 2. The predicted molar refractivity (Wildman–Crippen MR) is 61.2 cm³/mol. The number of aliphatic carboxylic acids is 2. The largest absolute Gasteiger partial charge is 0.481 e. The monoisotopic (exact) mass is 230 g/mol. The maximum Gasteiger partial charge on any atom is 0.307 e. The first-order chi connectivity index (χ1) is 7.07. The zero-order valence-corrected chi connectivity index (χ0v) is 10.7. The molecule has 0 bridgehead atoms. The van der Waals surface area contributed by atoms with E-state index >= 15 is 0 Å². The highest BCUT2D eigenvalue weighted by atomic mass is 16.4. The van der Waals surface area contributed by atoms with E-state index in [0.29, 0.717) is 6.42 Å². The van der Waals surface area contributed by atoms with Gasteiger partial charge in [-0.25, -0.2) is 0 Å². The van der Waals surface area contributed by atoms with Gasteiger partial charge in [-0.2, -0.15) is 0 Å². The highest BCUT2D eigenvalue weighted by Gasteiger charge is 2.41. The molecule has 0 rings (SSSR count). The van der Waals surface area contributed by atoms with Crippen LogP contribution in [0.3, 0.4) is 0 Å². The summed E-state index contributed by atoms with van der Waals surface area (Å²) >= 11 is 0. The first-order valence-corrected chi connectivity index (χ1v) is 5.53. The zero-order chi connectivity index (χ0) is 13.1. The molecule has 0 aliphatic heterocycles. The first-order valence-electron chi connectivity index (χ1n) is 5.53. The Hall–Kier alpha value is -1.06. The molecule has 0 saturated carbocycles. The topological polar surface area (TPSA) is 74.6 Å².